The molecular formula is C13H9F3N4O2S. The molecule has 2 aromatic rings. The zero-order valence-corrected chi connectivity index (χ0v) is 12.1. The summed E-state index contributed by atoms with van der Waals surface area (Å²) in [6.07, 6.45) is -3.94. The number of nitrogens with zero attached hydrogens (tertiary/aromatic N) is 2. The lowest BCUT2D eigenvalue weighted by Crippen LogP contribution is -2.30. The molecule has 0 atom stereocenters. The van der Waals surface area contributed by atoms with E-state index in [-0.39, 0.29) is 10.7 Å². The number of nitrogens with one attached hydrogen (secondary N) is 2. The zero-order chi connectivity index (χ0) is 17.1. The van der Waals surface area contributed by atoms with Gasteiger partial charge in [0.1, 0.15) is 5.82 Å². The first kappa shape index (κ1) is 16.7. The molecule has 0 amide bonds. The van der Waals surface area contributed by atoms with Crippen LogP contribution in [0.4, 0.5) is 19.0 Å². The minimum Gasteiger partial charge on any atom is -0.292 e. The molecule has 2 rings (SSSR count). The fourth-order valence-electron chi connectivity index (χ4n) is 1.52. The quantitative estimate of drug-likeness (QED) is 0.831. The van der Waals surface area contributed by atoms with E-state index < -0.39 is 21.8 Å². The first-order valence-electron chi connectivity index (χ1n) is 6.03. The van der Waals surface area contributed by atoms with E-state index in [0.717, 1.165) is 12.1 Å². The molecule has 6 nitrogen and oxygen atoms in total. The van der Waals surface area contributed by atoms with Gasteiger partial charge in [-0.05, 0) is 36.4 Å². The van der Waals surface area contributed by atoms with Crippen molar-refractivity contribution in [3.05, 3.63) is 53.7 Å². The minimum atomic E-state index is -4.52. The molecule has 0 unspecified atom stereocenters. The average molecular weight is 342 g/mol. The molecule has 10 heteroatoms. The third kappa shape index (κ3) is 4.18. The molecule has 0 radical (unpaired) electrons. The van der Waals surface area contributed by atoms with E-state index in [1.807, 2.05) is 10.9 Å². The molecular weight excluding hydrogens is 333 g/mol. The van der Waals surface area contributed by atoms with Crippen molar-refractivity contribution < 1.29 is 21.6 Å². The summed E-state index contributed by atoms with van der Waals surface area (Å²) in [6.45, 7) is 0. The van der Waals surface area contributed by atoms with Crippen molar-refractivity contribution in [3.63, 3.8) is 0 Å². The molecule has 0 aliphatic rings. The highest BCUT2D eigenvalue weighted by molar-refractivity contribution is 7.89. The second-order valence-corrected chi connectivity index (χ2v) is 5.98. The highest BCUT2D eigenvalue weighted by atomic mass is 32.2. The lowest BCUT2D eigenvalue weighted by molar-refractivity contribution is -0.137. The minimum absolute atomic E-state index is 0.102. The van der Waals surface area contributed by atoms with Gasteiger partial charge in [-0.1, -0.05) is 0 Å². The Morgan fingerprint density at radius 1 is 1.09 bits per heavy atom. The van der Waals surface area contributed by atoms with Gasteiger partial charge < -0.3 is 0 Å². The van der Waals surface area contributed by atoms with Crippen molar-refractivity contribution in [1.29, 1.82) is 5.26 Å². The van der Waals surface area contributed by atoms with Gasteiger partial charge in [0.15, 0.2) is 0 Å². The number of anilines is 1. The second-order valence-electron chi connectivity index (χ2n) is 4.30. The van der Waals surface area contributed by atoms with Crippen LogP contribution in [0.5, 0.6) is 0 Å². The van der Waals surface area contributed by atoms with Crippen LogP contribution in [0, 0.1) is 11.3 Å². The molecule has 1 heterocycles. The van der Waals surface area contributed by atoms with Gasteiger partial charge in [0.05, 0.1) is 22.1 Å². The number of nitriles is 1. The molecule has 0 spiro atoms. The number of sulfonamides is 1. The average Bonchev–Trinajstić information content (AvgIpc) is 2.53. The highest BCUT2D eigenvalue weighted by Crippen LogP contribution is 2.28. The summed E-state index contributed by atoms with van der Waals surface area (Å²) in [5, 5.41) is 8.65. The van der Waals surface area contributed by atoms with Crippen LogP contribution in [0.2, 0.25) is 0 Å². The third-order valence-corrected chi connectivity index (χ3v) is 3.96. The van der Waals surface area contributed by atoms with E-state index in [4.69, 9.17) is 5.26 Å². The van der Waals surface area contributed by atoms with Crippen molar-refractivity contribution in [2.24, 2.45) is 0 Å². The van der Waals surface area contributed by atoms with Gasteiger partial charge in [-0.15, -0.1) is 4.83 Å². The number of hydrogen-bond acceptors (Lipinski definition) is 5. The monoisotopic (exact) mass is 342 g/mol. The Morgan fingerprint density at radius 3 is 2.22 bits per heavy atom. The molecule has 0 bridgehead atoms. The first-order chi connectivity index (χ1) is 10.7. The number of benzene rings is 1. The van der Waals surface area contributed by atoms with Crippen molar-refractivity contribution >= 4 is 15.8 Å². The van der Waals surface area contributed by atoms with Gasteiger partial charge in [0.2, 0.25) is 0 Å². The number of halogens is 3. The summed E-state index contributed by atoms with van der Waals surface area (Å²) < 4.78 is 61.1. The smallest absolute Gasteiger partial charge is 0.292 e. The Balaban J connectivity index is 2.08. The highest BCUT2D eigenvalue weighted by Gasteiger charge is 2.30. The number of hydrazine groups is 1. The van der Waals surface area contributed by atoms with Crippen LogP contribution in [0.15, 0.2) is 47.5 Å². The number of rotatable bonds is 4. The van der Waals surface area contributed by atoms with Gasteiger partial charge in [-0.3, -0.25) is 5.43 Å². The maximum atomic E-state index is 12.4. The van der Waals surface area contributed by atoms with E-state index >= 15 is 0 Å². The summed E-state index contributed by atoms with van der Waals surface area (Å²) in [6, 6.07) is 8.71. The Bertz CT molecular complexity index is 826. The second kappa shape index (κ2) is 6.23. The molecule has 23 heavy (non-hydrogen) atoms. The van der Waals surface area contributed by atoms with Crippen LogP contribution in [0.25, 0.3) is 0 Å². The molecule has 0 aliphatic heterocycles. The van der Waals surface area contributed by atoms with Crippen molar-refractivity contribution in [2.45, 2.75) is 11.1 Å². The zero-order valence-electron chi connectivity index (χ0n) is 11.3. The van der Waals surface area contributed by atoms with E-state index in [1.54, 1.807) is 0 Å². The number of aromatic nitrogens is 1. The molecule has 2 N–H and O–H groups in total. The van der Waals surface area contributed by atoms with Gasteiger partial charge >= 0.3 is 6.18 Å². The van der Waals surface area contributed by atoms with Gasteiger partial charge in [0, 0.05) is 6.20 Å². The van der Waals surface area contributed by atoms with Gasteiger partial charge in [-0.25, -0.2) is 13.4 Å². The summed E-state index contributed by atoms with van der Waals surface area (Å²) in [5.74, 6) is -0.102. The molecule has 0 aliphatic carbocycles. The first-order valence-corrected chi connectivity index (χ1v) is 7.52. The molecule has 120 valence electrons. The molecule has 0 fully saturated rings. The number of pyridine rings is 1. The lowest BCUT2D eigenvalue weighted by Gasteiger charge is -2.10. The Kier molecular flexibility index (Phi) is 4.53. The van der Waals surface area contributed by atoms with Gasteiger partial charge in [-0.2, -0.15) is 18.4 Å². The van der Waals surface area contributed by atoms with Crippen LogP contribution in [-0.2, 0) is 16.2 Å². The normalized spacial score (nSPS) is 11.7. The topological polar surface area (TPSA) is 94.9 Å². The van der Waals surface area contributed by atoms with Crippen molar-refractivity contribution in [3.8, 4) is 6.07 Å². The standard InChI is InChI=1S/C13H9F3N4O2S/c14-13(15,16)10-3-6-12(18-8-10)19-20-23(21,22)11-4-1-9(7-17)2-5-11/h1-6,8,20H,(H,18,19). The summed E-state index contributed by atoms with van der Waals surface area (Å²) in [5.41, 5.74) is 1.56. The summed E-state index contributed by atoms with van der Waals surface area (Å²) in [4.78, 5) is 5.34. The van der Waals surface area contributed by atoms with Crippen LogP contribution >= 0.6 is 0 Å². The van der Waals surface area contributed by atoms with Crippen LogP contribution in [-0.4, -0.2) is 13.4 Å². The SMILES string of the molecule is N#Cc1ccc(S(=O)(=O)NNc2ccc(C(F)(F)F)cn2)cc1. The predicted octanol–water partition coefficient (Wildman–Crippen LogP) is 2.28. The fraction of sp³-hybridized carbons (Fsp3) is 0.0769. The van der Waals surface area contributed by atoms with Crippen molar-refractivity contribution in [1.82, 2.24) is 9.82 Å². The van der Waals surface area contributed by atoms with Crippen LogP contribution in [0.3, 0.4) is 0 Å². The number of hydrogen-bond donors (Lipinski definition) is 2. The van der Waals surface area contributed by atoms with E-state index in [1.165, 1.54) is 24.3 Å². The van der Waals surface area contributed by atoms with Crippen molar-refractivity contribution in [2.75, 3.05) is 5.43 Å². The van der Waals surface area contributed by atoms with Gasteiger partial charge in [0.25, 0.3) is 10.0 Å². The Morgan fingerprint density at radius 2 is 1.74 bits per heavy atom. The van der Waals surface area contributed by atoms with E-state index in [2.05, 4.69) is 10.4 Å². The predicted molar refractivity (Wildman–Crippen MR) is 74.3 cm³/mol. The summed E-state index contributed by atoms with van der Waals surface area (Å²) in [7, 11) is -3.95. The van der Waals surface area contributed by atoms with E-state index in [9.17, 15) is 21.6 Å². The lowest BCUT2D eigenvalue weighted by atomic mass is 10.2. The largest absolute Gasteiger partial charge is 0.417 e. The van der Waals surface area contributed by atoms with Crippen LogP contribution < -0.4 is 10.3 Å². The third-order valence-electron chi connectivity index (χ3n) is 2.70. The Hall–Kier alpha value is -2.64. The van der Waals surface area contributed by atoms with E-state index in [0.29, 0.717) is 11.8 Å². The molecule has 1 aromatic carbocycles. The maximum absolute atomic E-state index is 12.4. The fourth-order valence-corrected chi connectivity index (χ4v) is 2.37. The number of alkyl halides is 3. The molecule has 0 saturated heterocycles. The Labute approximate surface area is 129 Å². The summed E-state index contributed by atoms with van der Waals surface area (Å²) >= 11 is 0. The molecule has 1 aromatic heterocycles. The van der Waals surface area contributed by atoms with Crippen LogP contribution in [0.1, 0.15) is 11.1 Å². The molecule has 0 saturated carbocycles. The maximum Gasteiger partial charge on any atom is 0.417 e.